The fraction of sp³-hybridized carbons (Fsp3) is 0.345. The Hall–Kier alpha value is -4.11. The predicted molar refractivity (Wildman–Crippen MR) is 149 cm³/mol. The lowest BCUT2D eigenvalue weighted by Crippen LogP contribution is -2.47. The number of ether oxygens (including phenoxy) is 2. The summed E-state index contributed by atoms with van der Waals surface area (Å²) in [5.41, 5.74) is 1.83. The standard InChI is InChI=1S/C29H33N5O4/c1-21-20-23-26(27(30-21)38-3)29(36)33(34(28(23)35)22-10-5-4-6-11-22)15-9-14-31-16-18-32(19-17-31)24-12-7-8-13-25(24)37-2/h4-8,10-13,20H,9,14-19H2,1-3H3. The minimum absolute atomic E-state index is 0.184. The van der Waals surface area contributed by atoms with Gasteiger partial charge in [-0.2, -0.15) is 0 Å². The van der Waals surface area contributed by atoms with Crippen molar-refractivity contribution in [3.8, 4) is 17.3 Å². The first kappa shape index (κ1) is 25.5. The van der Waals surface area contributed by atoms with Crippen LogP contribution in [0.4, 0.5) is 5.69 Å². The van der Waals surface area contributed by atoms with Crippen LogP contribution in [-0.2, 0) is 6.54 Å². The molecule has 1 aliphatic rings. The number of aryl methyl sites for hydroxylation is 1. The Morgan fingerprint density at radius 3 is 2.26 bits per heavy atom. The molecule has 4 aromatic rings. The van der Waals surface area contributed by atoms with E-state index in [0.29, 0.717) is 29.7 Å². The summed E-state index contributed by atoms with van der Waals surface area (Å²) in [5.74, 6) is 1.07. The van der Waals surface area contributed by atoms with Crippen LogP contribution in [0.1, 0.15) is 12.1 Å². The second-order valence-electron chi connectivity index (χ2n) is 9.43. The van der Waals surface area contributed by atoms with E-state index in [1.54, 1.807) is 20.1 Å². The summed E-state index contributed by atoms with van der Waals surface area (Å²) in [5, 5.41) is 0.535. The Bertz CT molecular complexity index is 1540. The number of hydrogen-bond acceptors (Lipinski definition) is 7. The molecule has 0 bridgehead atoms. The number of benzene rings is 2. The zero-order valence-electron chi connectivity index (χ0n) is 22.1. The molecule has 1 fully saturated rings. The molecule has 0 radical (unpaired) electrons. The van der Waals surface area contributed by atoms with Gasteiger partial charge in [-0.1, -0.05) is 30.3 Å². The molecule has 9 nitrogen and oxygen atoms in total. The van der Waals surface area contributed by atoms with E-state index in [4.69, 9.17) is 9.47 Å². The van der Waals surface area contributed by atoms with Gasteiger partial charge in [0.05, 0.1) is 31.0 Å². The second-order valence-corrected chi connectivity index (χ2v) is 9.43. The number of nitrogens with zero attached hydrogens (tertiary/aromatic N) is 5. The SMILES string of the molecule is COc1ccccc1N1CCN(CCCn2c(=O)c3c(OC)nc(C)cc3c(=O)n2-c2ccccc2)CC1. The highest BCUT2D eigenvalue weighted by Crippen LogP contribution is 2.28. The van der Waals surface area contributed by atoms with Crippen molar-refractivity contribution < 1.29 is 9.47 Å². The Kier molecular flexibility index (Phi) is 7.46. The van der Waals surface area contributed by atoms with Gasteiger partial charge >= 0.3 is 0 Å². The molecule has 9 heteroatoms. The van der Waals surface area contributed by atoms with Gasteiger partial charge in [-0.05, 0) is 43.7 Å². The van der Waals surface area contributed by atoms with E-state index in [0.717, 1.165) is 44.2 Å². The maximum atomic E-state index is 13.8. The molecule has 0 amide bonds. The van der Waals surface area contributed by atoms with Crippen molar-refractivity contribution in [2.24, 2.45) is 0 Å². The lowest BCUT2D eigenvalue weighted by Gasteiger charge is -2.36. The van der Waals surface area contributed by atoms with Crippen molar-refractivity contribution >= 4 is 16.5 Å². The summed E-state index contributed by atoms with van der Waals surface area (Å²) in [4.78, 5) is 36.6. The lowest BCUT2D eigenvalue weighted by molar-refractivity contribution is 0.246. The molecule has 0 N–H and O–H groups in total. The van der Waals surface area contributed by atoms with Gasteiger partial charge in [0, 0.05) is 45.0 Å². The summed E-state index contributed by atoms with van der Waals surface area (Å²) in [6.07, 6.45) is 0.716. The second kappa shape index (κ2) is 11.1. The maximum Gasteiger partial charge on any atom is 0.279 e. The van der Waals surface area contributed by atoms with Crippen LogP contribution in [0.15, 0.2) is 70.3 Å². The van der Waals surface area contributed by atoms with E-state index in [-0.39, 0.29) is 22.4 Å². The third-order valence-corrected chi connectivity index (χ3v) is 7.06. The molecule has 0 unspecified atom stereocenters. The van der Waals surface area contributed by atoms with Gasteiger partial charge < -0.3 is 14.4 Å². The zero-order chi connectivity index (χ0) is 26.6. The number of pyridine rings is 1. The van der Waals surface area contributed by atoms with Crippen molar-refractivity contribution in [3.63, 3.8) is 0 Å². The highest BCUT2D eigenvalue weighted by atomic mass is 16.5. The molecule has 0 spiro atoms. The van der Waals surface area contributed by atoms with Gasteiger partial charge in [0.2, 0.25) is 5.88 Å². The molecule has 5 rings (SSSR count). The van der Waals surface area contributed by atoms with Gasteiger partial charge in [-0.3, -0.25) is 14.5 Å². The van der Waals surface area contributed by atoms with Crippen LogP contribution in [0, 0.1) is 6.92 Å². The first-order chi connectivity index (χ1) is 18.5. The average molecular weight is 516 g/mol. The van der Waals surface area contributed by atoms with E-state index in [2.05, 4.69) is 20.9 Å². The summed E-state index contributed by atoms with van der Waals surface area (Å²) in [6, 6.07) is 19.0. The Morgan fingerprint density at radius 1 is 0.842 bits per heavy atom. The normalized spacial score (nSPS) is 14.1. The molecule has 198 valence electrons. The maximum absolute atomic E-state index is 13.8. The third-order valence-electron chi connectivity index (χ3n) is 7.06. The largest absolute Gasteiger partial charge is 0.495 e. The first-order valence-corrected chi connectivity index (χ1v) is 12.9. The van der Waals surface area contributed by atoms with Crippen LogP contribution >= 0.6 is 0 Å². The molecule has 38 heavy (non-hydrogen) atoms. The molecule has 2 aromatic carbocycles. The van der Waals surface area contributed by atoms with E-state index in [1.165, 1.54) is 16.5 Å². The minimum Gasteiger partial charge on any atom is -0.495 e. The molecular weight excluding hydrogens is 482 g/mol. The predicted octanol–water partition coefficient (Wildman–Crippen LogP) is 3.09. The molecule has 2 aromatic heterocycles. The zero-order valence-corrected chi connectivity index (χ0v) is 22.1. The van der Waals surface area contributed by atoms with Gasteiger partial charge in [0.25, 0.3) is 11.1 Å². The van der Waals surface area contributed by atoms with Crippen LogP contribution in [0.3, 0.4) is 0 Å². The number of anilines is 1. The average Bonchev–Trinajstić information content (AvgIpc) is 2.96. The Balaban J connectivity index is 1.38. The summed E-state index contributed by atoms with van der Waals surface area (Å²) < 4.78 is 14.0. The number of fused-ring (bicyclic) bond motifs is 1. The fourth-order valence-electron chi connectivity index (χ4n) is 5.19. The van der Waals surface area contributed by atoms with Crippen LogP contribution in [0.5, 0.6) is 11.6 Å². The van der Waals surface area contributed by atoms with Crippen molar-refractivity contribution in [3.05, 3.63) is 87.1 Å². The van der Waals surface area contributed by atoms with Crippen molar-refractivity contribution in [1.29, 1.82) is 0 Å². The van der Waals surface area contributed by atoms with Crippen molar-refractivity contribution in [2.45, 2.75) is 19.9 Å². The molecular formula is C29H33N5O4. The topological polar surface area (TPSA) is 81.8 Å². The van der Waals surface area contributed by atoms with E-state index in [1.807, 2.05) is 48.5 Å². The number of aromatic nitrogens is 3. The molecule has 0 aliphatic carbocycles. The van der Waals surface area contributed by atoms with Crippen LogP contribution in [0.2, 0.25) is 0 Å². The molecule has 0 atom stereocenters. The van der Waals surface area contributed by atoms with Crippen LogP contribution < -0.4 is 25.5 Å². The summed E-state index contributed by atoms with van der Waals surface area (Å²) in [7, 11) is 3.17. The van der Waals surface area contributed by atoms with E-state index >= 15 is 0 Å². The number of piperazine rings is 1. The van der Waals surface area contributed by atoms with Gasteiger partial charge in [-0.15, -0.1) is 0 Å². The van der Waals surface area contributed by atoms with Gasteiger partial charge in [0.15, 0.2) is 0 Å². The first-order valence-electron chi connectivity index (χ1n) is 12.9. The minimum atomic E-state index is -0.284. The van der Waals surface area contributed by atoms with Gasteiger partial charge in [0.1, 0.15) is 11.1 Å². The third kappa shape index (κ3) is 4.89. The van der Waals surface area contributed by atoms with Crippen LogP contribution in [-0.4, -0.2) is 66.2 Å². The highest BCUT2D eigenvalue weighted by molar-refractivity contribution is 5.85. The Morgan fingerprint density at radius 2 is 1.55 bits per heavy atom. The molecule has 1 saturated heterocycles. The fourth-order valence-corrected chi connectivity index (χ4v) is 5.19. The summed E-state index contributed by atoms with van der Waals surface area (Å²) in [6.45, 7) is 6.60. The number of hydrogen-bond donors (Lipinski definition) is 0. The molecule has 1 aliphatic heterocycles. The molecule has 0 saturated carbocycles. The number of methoxy groups -OCH3 is 2. The van der Waals surface area contributed by atoms with Crippen molar-refractivity contribution in [2.75, 3.05) is 51.8 Å². The lowest BCUT2D eigenvalue weighted by atomic mass is 10.2. The summed E-state index contributed by atoms with van der Waals surface area (Å²) >= 11 is 0. The Labute approximate surface area is 221 Å². The van der Waals surface area contributed by atoms with Crippen molar-refractivity contribution in [1.82, 2.24) is 19.2 Å². The quantitative estimate of drug-likeness (QED) is 0.357. The monoisotopic (exact) mass is 515 g/mol. The van der Waals surface area contributed by atoms with E-state index in [9.17, 15) is 9.59 Å². The molecule has 3 heterocycles. The smallest absolute Gasteiger partial charge is 0.279 e. The van der Waals surface area contributed by atoms with E-state index < -0.39 is 0 Å². The van der Waals surface area contributed by atoms with Gasteiger partial charge in [-0.25, -0.2) is 14.3 Å². The number of para-hydroxylation sites is 3. The number of rotatable bonds is 8. The van der Waals surface area contributed by atoms with Crippen LogP contribution in [0.25, 0.3) is 16.5 Å². The highest BCUT2D eigenvalue weighted by Gasteiger charge is 2.21.